The van der Waals surface area contributed by atoms with Crippen molar-refractivity contribution in [3.8, 4) is 0 Å². The molecule has 0 radical (unpaired) electrons. The van der Waals surface area contributed by atoms with Crippen molar-refractivity contribution < 1.29 is 17.8 Å². The highest BCUT2D eigenvalue weighted by atomic mass is 32.2. The van der Waals surface area contributed by atoms with Crippen molar-refractivity contribution in [1.29, 1.82) is 0 Å². The van der Waals surface area contributed by atoms with E-state index in [1.807, 2.05) is 18.7 Å². The van der Waals surface area contributed by atoms with Gasteiger partial charge >= 0.3 is 0 Å². The predicted octanol–water partition coefficient (Wildman–Crippen LogP) is 2.83. The number of hydrogen-bond acceptors (Lipinski definition) is 5. The zero-order chi connectivity index (χ0) is 16.8. The Hall–Kier alpha value is 0.280. The van der Waals surface area contributed by atoms with Crippen LogP contribution >= 0.6 is 11.8 Å². The van der Waals surface area contributed by atoms with Crippen LogP contribution in [0.15, 0.2) is 0 Å². The van der Waals surface area contributed by atoms with E-state index in [0.29, 0.717) is 23.1 Å². The fraction of sp³-hybridized carbons (Fsp3) is 0.933. The number of hydrogen-bond donors (Lipinski definition) is 0. The lowest BCUT2D eigenvalue weighted by Crippen LogP contribution is -2.27. The summed E-state index contributed by atoms with van der Waals surface area (Å²) in [5.41, 5.74) is 0. The summed E-state index contributed by atoms with van der Waals surface area (Å²) in [6, 6.07) is 0. The summed E-state index contributed by atoms with van der Waals surface area (Å²) in [4.78, 5) is 11.6. The molecule has 1 fully saturated rings. The molecule has 4 nitrogen and oxygen atoms in total. The highest BCUT2D eigenvalue weighted by Crippen LogP contribution is 2.14. The first-order valence-corrected chi connectivity index (χ1v) is 12.5. The van der Waals surface area contributed by atoms with E-state index in [4.69, 9.17) is 0 Å². The van der Waals surface area contributed by atoms with Crippen LogP contribution in [0.4, 0.5) is 0 Å². The van der Waals surface area contributed by atoms with Crippen molar-refractivity contribution in [2.75, 3.05) is 34.5 Å². The summed E-state index contributed by atoms with van der Waals surface area (Å²) in [5.74, 6) is 6.35. The molecule has 0 aliphatic carbocycles. The molecule has 1 aliphatic rings. The van der Waals surface area contributed by atoms with Crippen LogP contribution < -0.4 is 0 Å². The molecule has 0 aromatic rings. The summed E-state index contributed by atoms with van der Waals surface area (Å²) in [6.07, 6.45) is 5.62. The predicted molar refractivity (Wildman–Crippen MR) is 97.9 cm³/mol. The summed E-state index contributed by atoms with van der Waals surface area (Å²) in [7, 11) is -3.49. The monoisotopic (exact) mass is 370 g/mol. The quantitative estimate of drug-likeness (QED) is 0.354. The minimum Gasteiger partial charge on any atom is -0.748 e. The zero-order valence-corrected chi connectivity index (χ0v) is 16.3. The summed E-state index contributed by atoms with van der Waals surface area (Å²) < 4.78 is 29.5. The third kappa shape index (κ3) is 15.2. The Morgan fingerprint density at radius 1 is 1.09 bits per heavy atom. The first-order chi connectivity index (χ1) is 10.4. The van der Waals surface area contributed by atoms with E-state index in [1.165, 1.54) is 35.9 Å². The first-order valence-electron chi connectivity index (χ1n) is 8.06. The van der Waals surface area contributed by atoms with Crippen molar-refractivity contribution in [3.63, 3.8) is 0 Å². The minimum atomic E-state index is -3.94. The van der Waals surface area contributed by atoms with Gasteiger partial charge < -0.3 is 4.55 Å². The Morgan fingerprint density at radius 3 is 2.14 bits per heavy atom. The molecular formula is C15H30O4S3. The van der Waals surface area contributed by atoms with Gasteiger partial charge in [-0.05, 0) is 23.7 Å². The highest BCUT2D eigenvalue weighted by Gasteiger charge is 2.24. The lowest BCUT2D eigenvalue weighted by molar-refractivity contribution is -0.116. The third-order valence-electron chi connectivity index (χ3n) is 3.20. The van der Waals surface area contributed by atoms with Gasteiger partial charge in [0.1, 0.15) is 11.5 Å². The molecule has 0 aromatic heterocycles. The van der Waals surface area contributed by atoms with E-state index in [9.17, 15) is 17.8 Å². The van der Waals surface area contributed by atoms with E-state index in [2.05, 4.69) is 6.92 Å². The van der Waals surface area contributed by atoms with Gasteiger partial charge in [-0.25, -0.2) is 8.42 Å². The van der Waals surface area contributed by atoms with Crippen molar-refractivity contribution >= 4 is 38.6 Å². The Labute approximate surface area is 143 Å². The molecule has 0 unspecified atom stereocenters. The van der Waals surface area contributed by atoms with Crippen molar-refractivity contribution in [3.05, 3.63) is 0 Å². The molecule has 0 spiro atoms. The molecule has 0 bridgehead atoms. The molecule has 1 rings (SSSR count). The summed E-state index contributed by atoms with van der Waals surface area (Å²) >= 11 is 2.04. The molecule has 1 aliphatic heterocycles. The largest absolute Gasteiger partial charge is 0.748 e. The second kappa shape index (κ2) is 13.7. The third-order valence-corrected chi connectivity index (χ3v) is 7.79. The van der Waals surface area contributed by atoms with Crippen LogP contribution in [-0.2, 0) is 25.8 Å². The lowest BCUT2D eigenvalue weighted by Gasteiger charge is -2.12. The molecule has 0 atom stereocenters. The van der Waals surface area contributed by atoms with Crippen LogP contribution in [0.25, 0.3) is 0 Å². The van der Waals surface area contributed by atoms with Gasteiger partial charge in [0, 0.05) is 23.7 Å². The second-order valence-corrected chi connectivity index (χ2v) is 10.5. The Bertz CT molecular complexity index is 376. The molecule has 1 saturated heterocycles. The van der Waals surface area contributed by atoms with Crippen LogP contribution in [-0.4, -0.2) is 53.3 Å². The Balaban J connectivity index is 0.000000472. The van der Waals surface area contributed by atoms with E-state index < -0.39 is 10.1 Å². The average molecular weight is 371 g/mol. The average Bonchev–Trinajstić information content (AvgIpc) is 2.46. The van der Waals surface area contributed by atoms with Gasteiger partial charge in [0.05, 0.1) is 10.1 Å². The standard InChI is InChI=1S/C11H21OS2.C4H10O3S/c1-2-3-4-5-11(12)10-14-8-6-13-7-9-14;1-2-3-4-8(5,6)7/h2-10H2,1H3;2-4H2,1H3,(H,5,6,7)/q+1;/p-1. The molecule has 7 heteroatoms. The number of carbonyl (C=O) groups excluding carboxylic acids is 1. The molecule has 0 N–H and O–H groups in total. The highest BCUT2D eigenvalue weighted by molar-refractivity contribution is 8.05. The molecule has 0 amide bonds. The topological polar surface area (TPSA) is 74.3 Å². The smallest absolute Gasteiger partial charge is 0.181 e. The maximum atomic E-state index is 11.6. The van der Waals surface area contributed by atoms with Crippen molar-refractivity contribution in [2.45, 2.75) is 52.4 Å². The van der Waals surface area contributed by atoms with Crippen LogP contribution in [0.1, 0.15) is 52.4 Å². The Kier molecular flexibility index (Phi) is 13.9. The maximum absolute atomic E-state index is 11.6. The maximum Gasteiger partial charge on any atom is 0.181 e. The van der Waals surface area contributed by atoms with Crippen LogP contribution in [0.3, 0.4) is 0 Å². The number of rotatable bonds is 9. The molecule has 22 heavy (non-hydrogen) atoms. The van der Waals surface area contributed by atoms with E-state index >= 15 is 0 Å². The number of thioether (sulfide) groups is 1. The number of ketones is 1. The van der Waals surface area contributed by atoms with Crippen molar-refractivity contribution in [1.82, 2.24) is 0 Å². The molecule has 0 aromatic carbocycles. The first kappa shape index (κ1) is 22.3. The van der Waals surface area contributed by atoms with E-state index in [0.717, 1.165) is 25.0 Å². The molecule has 132 valence electrons. The normalized spacial score (nSPS) is 16.0. The van der Waals surface area contributed by atoms with Crippen LogP contribution in [0.5, 0.6) is 0 Å². The fourth-order valence-corrected chi connectivity index (χ4v) is 6.66. The van der Waals surface area contributed by atoms with E-state index in [-0.39, 0.29) is 5.75 Å². The van der Waals surface area contributed by atoms with Gasteiger partial charge in [0.2, 0.25) is 0 Å². The SMILES string of the molecule is CCCCCC(=O)C[S+]1CCSCC1.CCCCS(=O)(=O)[O-]. The lowest BCUT2D eigenvalue weighted by atomic mass is 10.2. The number of carbonyl (C=O) groups is 1. The summed E-state index contributed by atoms with van der Waals surface area (Å²) in [6.45, 7) is 4.02. The van der Waals surface area contributed by atoms with Crippen LogP contribution in [0.2, 0.25) is 0 Å². The van der Waals surface area contributed by atoms with Gasteiger partial charge in [-0.15, -0.1) is 0 Å². The minimum absolute atomic E-state index is 0.219. The van der Waals surface area contributed by atoms with Gasteiger partial charge in [0.25, 0.3) is 0 Å². The second-order valence-electron chi connectivity index (χ2n) is 5.39. The van der Waals surface area contributed by atoms with Crippen LogP contribution in [0, 0.1) is 0 Å². The van der Waals surface area contributed by atoms with Gasteiger partial charge in [-0.2, -0.15) is 11.8 Å². The van der Waals surface area contributed by atoms with Gasteiger partial charge in [-0.3, -0.25) is 4.79 Å². The molecular weight excluding hydrogens is 340 g/mol. The zero-order valence-electron chi connectivity index (χ0n) is 13.8. The summed E-state index contributed by atoms with van der Waals surface area (Å²) in [5, 5.41) is 0. The molecule has 0 saturated carbocycles. The number of Topliss-reactive ketones (excluding diaryl/α,β-unsaturated/α-hetero) is 1. The van der Waals surface area contributed by atoms with Gasteiger partial charge in [-0.1, -0.05) is 33.1 Å². The number of unbranched alkanes of at least 4 members (excludes halogenated alkanes) is 3. The van der Waals surface area contributed by atoms with Gasteiger partial charge in [0.15, 0.2) is 11.5 Å². The molecule has 1 heterocycles. The van der Waals surface area contributed by atoms with E-state index in [1.54, 1.807) is 0 Å². The fourth-order valence-electron chi connectivity index (χ4n) is 1.90. The van der Waals surface area contributed by atoms with Crippen molar-refractivity contribution in [2.24, 2.45) is 0 Å². The Morgan fingerprint density at radius 2 is 1.68 bits per heavy atom.